The van der Waals surface area contributed by atoms with Crippen molar-refractivity contribution in [2.45, 2.75) is 135 Å². The van der Waals surface area contributed by atoms with Gasteiger partial charge in [0.1, 0.15) is 13.2 Å². The molecule has 2 N–H and O–H groups in total. The summed E-state index contributed by atoms with van der Waals surface area (Å²) in [4.78, 5) is 9.86. The predicted octanol–water partition coefficient (Wildman–Crippen LogP) is 7.62. The molecule has 0 amide bonds. The summed E-state index contributed by atoms with van der Waals surface area (Å²) in [5.74, 6) is 0. The summed E-state index contributed by atoms with van der Waals surface area (Å²) in [5.41, 5.74) is 0. The van der Waals surface area contributed by atoms with Crippen molar-refractivity contribution in [2.75, 3.05) is 40.9 Å². The zero-order valence-electron chi connectivity index (χ0n) is 23.1. The van der Waals surface area contributed by atoms with Gasteiger partial charge in [-0.1, -0.05) is 122 Å². The van der Waals surface area contributed by atoms with Crippen LogP contribution in [-0.4, -0.2) is 61.5 Å². The zero-order chi connectivity index (χ0) is 25.5. The molecule has 0 aromatic rings. The lowest BCUT2D eigenvalue weighted by Gasteiger charge is -2.24. The number of quaternary nitrogens is 1. The molecular formula is C27H59NO5P+. The monoisotopic (exact) mass is 508 g/mol. The quantitative estimate of drug-likeness (QED) is 0.0714. The van der Waals surface area contributed by atoms with Gasteiger partial charge in [-0.2, -0.15) is 0 Å². The molecule has 2 unspecified atom stereocenters. The van der Waals surface area contributed by atoms with Crippen LogP contribution in [0.25, 0.3) is 0 Å². The molecule has 0 spiro atoms. The fraction of sp³-hybridized carbons (Fsp3) is 1.00. The van der Waals surface area contributed by atoms with Crippen molar-refractivity contribution >= 4 is 7.82 Å². The second kappa shape index (κ2) is 22.2. The standard InChI is InChI=1S/C27H58NO5P/c1-5-6-7-8-9-10-11-12-13-14-15-16-17-18-19-20-21-22-23-27(26-29)33-34(30,31)32-25-24-28(2,3)4/h27,29H,5-26H2,1-4H3/p+1. The Labute approximate surface area is 212 Å². The highest BCUT2D eigenvalue weighted by atomic mass is 31.2. The molecule has 0 bridgehead atoms. The Hall–Kier alpha value is 0.0300. The maximum atomic E-state index is 12.1. The number of unbranched alkanes of at least 4 members (excludes halogenated alkanes) is 17. The number of likely N-dealkylation sites (N-methyl/N-ethyl adjacent to an activating group) is 1. The van der Waals surface area contributed by atoms with E-state index < -0.39 is 13.9 Å². The lowest BCUT2D eigenvalue weighted by atomic mass is 10.0. The first-order valence-electron chi connectivity index (χ1n) is 14.3. The van der Waals surface area contributed by atoms with E-state index in [2.05, 4.69) is 6.92 Å². The number of rotatable bonds is 26. The van der Waals surface area contributed by atoms with Crippen molar-refractivity contribution in [3.63, 3.8) is 0 Å². The van der Waals surface area contributed by atoms with E-state index in [1.165, 1.54) is 103 Å². The van der Waals surface area contributed by atoms with Crippen LogP contribution in [0.15, 0.2) is 0 Å². The summed E-state index contributed by atoms with van der Waals surface area (Å²) in [7, 11) is 1.85. The molecule has 0 aliphatic rings. The van der Waals surface area contributed by atoms with Crippen molar-refractivity contribution in [1.29, 1.82) is 0 Å². The summed E-state index contributed by atoms with van der Waals surface area (Å²) >= 11 is 0. The number of aliphatic hydroxyl groups excluding tert-OH is 1. The number of phosphoric acid groups is 1. The molecule has 0 aliphatic carbocycles. The van der Waals surface area contributed by atoms with E-state index in [0.29, 0.717) is 17.4 Å². The van der Waals surface area contributed by atoms with Gasteiger partial charge in [-0.25, -0.2) is 4.57 Å². The highest BCUT2D eigenvalue weighted by Gasteiger charge is 2.27. The predicted molar refractivity (Wildman–Crippen MR) is 144 cm³/mol. The Morgan fingerprint density at radius 2 is 1.09 bits per heavy atom. The van der Waals surface area contributed by atoms with E-state index in [0.717, 1.165) is 12.8 Å². The second-order valence-electron chi connectivity index (χ2n) is 11.0. The van der Waals surface area contributed by atoms with Crippen molar-refractivity contribution in [1.82, 2.24) is 0 Å². The Morgan fingerprint density at radius 1 is 0.706 bits per heavy atom. The fourth-order valence-corrected chi connectivity index (χ4v) is 5.02. The van der Waals surface area contributed by atoms with Gasteiger partial charge in [0, 0.05) is 0 Å². The lowest BCUT2D eigenvalue weighted by Crippen LogP contribution is -2.37. The number of hydrogen-bond donors (Lipinski definition) is 2. The first-order chi connectivity index (χ1) is 16.2. The van der Waals surface area contributed by atoms with Crippen LogP contribution >= 0.6 is 7.82 Å². The topological polar surface area (TPSA) is 76.0 Å². The van der Waals surface area contributed by atoms with Gasteiger partial charge in [-0.15, -0.1) is 0 Å². The minimum atomic E-state index is -4.12. The third-order valence-corrected chi connectivity index (χ3v) is 7.46. The van der Waals surface area contributed by atoms with Crippen molar-refractivity contribution in [2.24, 2.45) is 0 Å². The van der Waals surface area contributed by atoms with Crippen molar-refractivity contribution < 1.29 is 28.1 Å². The summed E-state index contributed by atoms with van der Waals surface area (Å²) in [5, 5.41) is 9.47. The van der Waals surface area contributed by atoms with E-state index in [1.54, 1.807) is 0 Å². The van der Waals surface area contributed by atoms with Crippen LogP contribution in [0, 0.1) is 0 Å². The average molecular weight is 509 g/mol. The maximum Gasteiger partial charge on any atom is 0.472 e. The van der Waals surface area contributed by atoms with Gasteiger partial charge < -0.3 is 14.5 Å². The molecular weight excluding hydrogens is 449 g/mol. The molecule has 0 fully saturated rings. The largest absolute Gasteiger partial charge is 0.472 e. The molecule has 0 saturated carbocycles. The normalized spacial score (nSPS) is 14.9. The first-order valence-corrected chi connectivity index (χ1v) is 15.8. The summed E-state index contributed by atoms with van der Waals surface area (Å²) in [6, 6.07) is 0. The molecule has 0 aliphatic heterocycles. The van der Waals surface area contributed by atoms with Gasteiger partial charge >= 0.3 is 7.82 Å². The third-order valence-electron chi connectivity index (χ3n) is 6.38. The molecule has 0 heterocycles. The van der Waals surface area contributed by atoms with Gasteiger partial charge in [0.15, 0.2) is 0 Å². The smallest absolute Gasteiger partial charge is 0.394 e. The molecule has 2 atom stereocenters. The van der Waals surface area contributed by atoms with Crippen molar-refractivity contribution in [3.8, 4) is 0 Å². The van der Waals surface area contributed by atoms with Gasteiger partial charge in [0.2, 0.25) is 0 Å². The van der Waals surface area contributed by atoms with Crippen LogP contribution in [0.4, 0.5) is 0 Å². The lowest BCUT2D eigenvalue weighted by molar-refractivity contribution is -0.870. The Bertz CT molecular complexity index is 484. The van der Waals surface area contributed by atoms with E-state index in [9.17, 15) is 14.6 Å². The zero-order valence-corrected chi connectivity index (χ0v) is 24.0. The molecule has 0 aromatic carbocycles. The fourth-order valence-electron chi connectivity index (χ4n) is 4.10. The van der Waals surface area contributed by atoms with Crippen LogP contribution in [0.3, 0.4) is 0 Å². The minimum absolute atomic E-state index is 0.147. The van der Waals surface area contributed by atoms with Gasteiger partial charge in [0.05, 0.1) is 33.9 Å². The Kier molecular flexibility index (Phi) is 22.3. The molecule has 34 heavy (non-hydrogen) atoms. The van der Waals surface area contributed by atoms with Crippen LogP contribution in [0.2, 0.25) is 0 Å². The third kappa shape index (κ3) is 25.1. The van der Waals surface area contributed by atoms with Crippen LogP contribution in [0.1, 0.15) is 129 Å². The van der Waals surface area contributed by atoms with Gasteiger partial charge in [-0.3, -0.25) is 9.05 Å². The van der Waals surface area contributed by atoms with E-state index in [4.69, 9.17) is 9.05 Å². The molecule has 6 nitrogen and oxygen atoms in total. The molecule has 0 aromatic heterocycles. The summed E-state index contributed by atoms with van der Waals surface area (Å²) in [6.45, 7) is 2.77. The molecule has 0 rings (SSSR count). The van der Waals surface area contributed by atoms with E-state index >= 15 is 0 Å². The van der Waals surface area contributed by atoms with Crippen LogP contribution in [-0.2, 0) is 13.6 Å². The van der Waals surface area contributed by atoms with Crippen LogP contribution < -0.4 is 0 Å². The summed E-state index contributed by atoms with van der Waals surface area (Å²) < 4.78 is 22.9. The highest BCUT2D eigenvalue weighted by Crippen LogP contribution is 2.45. The molecule has 206 valence electrons. The minimum Gasteiger partial charge on any atom is -0.394 e. The van der Waals surface area contributed by atoms with Crippen molar-refractivity contribution in [3.05, 3.63) is 0 Å². The average Bonchev–Trinajstić information content (AvgIpc) is 2.76. The van der Waals surface area contributed by atoms with Gasteiger partial charge in [-0.05, 0) is 6.42 Å². The van der Waals surface area contributed by atoms with Crippen LogP contribution in [0.5, 0.6) is 0 Å². The number of aliphatic hydroxyl groups is 1. The van der Waals surface area contributed by atoms with E-state index in [1.807, 2.05) is 21.1 Å². The number of phosphoric ester groups is 1. The maximum absolute atomic E-state index is 12.1. The first kappa shape index (κ1) is 34.0. The van der Waals surface area contributed by atoms with E-state index in [-0.39, 0.29) is 13.2 Å². The second-order valence-corrected chi connectivity index (χ2v) is 12.4. The molecule has 7 heteroatoms. The molecule has 0 saturated heterocycles. The Balaban J connectivity index is 3.49. The number of hydrogen-bond acceptors (Lipinski definition) is 4. The van der Waals surface area contributed by atoms with Gasteiger partial charge in [0.25, 0.3) is 0 Å². The highest BCUT2D eigenvalue weighted by molar-refractivity contribution is 7.47. The SMILES string of the molecule is CCCCCCCCCCCCCCCCCCCCC(CO)OP(=O)(O)OCC[N+](C)(C)C. The molecule has 0 radical (unpaired) electrons. The Morgan fingerprint density at radius 3 is 1.44 bits per heavy atom. The summed E-state index contributed by atoms with van der Waals surface area (Å²) in [6.07, 6.45) is 23.8. The number of nitrogens with zero attached hydrogens (tertiary/aromatic N) is 1.